The van der Waals surface area contributed by atoms with Crippen LogP contribution >= 0.6 is 0 Å². The molecule has 0 aromatic rings. The van der Waals surface area contributed by atoms with Crippen molar-refractivity contribution in [2.75, 3.05) is 13.2 Å². The van der Waals surface area contributed by atoms with Gasteiger partial charge in [0.2, 0.25) is 0 Å². The van der Waals surface area contributed by atoms with Gasteiger partial charge in [-0.2, -0.15) is 0 Å². The van der Waals surface area contributed by atoms with E-state index < -0.39 is 5.79 Å². The molecule has 80 valence electrons. The van der Waals surface area contributed by atoms with Gasteiger partial charge in [0.25, 0.3) is 0 Å². The summed E-state index contributed by atoms with van der Waals surface area (Å²) in [6.07, 6.45) is 3.48. The first-order valence-electron chi connectivity index (χ1n) is 5.30. The number of rotatable bonds is 2. The molecule has 1 atom stereocenters. The van der Waals surface area contributed by atoms with E-state index in [4.69, 9.17) is 9.47 Å². The Morgan fingerprint density at radius 2 is 2.00 bits per heavy atom. The van der Waals surface area contributed by atoms with E-state index in [1.807, 2.05) is 0 Å². The summed E-state index contributed by atoms with van der Waals surface area (Å²) in [5.74, 6) is -0.192. The first kappa shape index (κ1) is 10.1. The van der Waals surface area contributed by atoms with Crippen molar-refractivity contribution in [1.82, 2.24) is 0 Å². The van der Waals surface area contributed by atoms with Crippen molar-refractivity contribution < 1.29 is 14.3 Å². The maximum Gasteiger partial charge on any atom is 0.172 e. The monoisotopic (exact) mass is 198 g/mol. The molecule has 0 bridgehead atoms. The predicted molar refractivity (Wildman–Crippen MR) is 51.8 cm³/mol. The number of hydrogen-bond donors (Lipinski definition) is 0. The van der Waals surface area contributed by atoms with Gasteiger partial charge in [0.05, 0.1) is 13.2 Å². The first-order valence-corrected chi connectivity index (χ1v) is 5.30. The highest BCUT2D eigenvalue weighted by molar-refractivity contribution is 5.50. The van der Waals surface area contributed by atoms with Crippen LogP contribution in [-0.4, -0.2) is 25.3 Å². The minimum Gasteiger partial charge on any atom is -0.347 e. The van der Waals surface area contributed by atoms with E-state index in [0.717, 1.165) is 19.1 Å². The van der Waals surface area contributed by atoms with Crippen LogP contribution in [0.2, 0.25) is 0 Å². The van der Waals surface area contributed by atoms with Gasteiger partial charge in [-0.25, -0.2) is 0 Å². The van der Waals surface area contributed by atoms with Gasteiger partial charge in [-0.3, -0.25) is 0 Å². The lowest BCUT2D eigenvalue weighted by Gasteiger charge is -2.28. The van der Waals surface area contributed by atoms with Gasteiger partial charge in [-0.15, -0.1) is 0 Å². The second-order valence-corrected chi connectivity index (χ2v) is 5.15. The Bertz CT molecular complexity index is 229. The van der Waals surface area contributed by atoms with Gasteiger partial charge in [0.1, 0.15) is 6.29 Å². The van der Waals surface area contributed by atoms with Crippen LogP contribution in [-0.2, 0) is 14.3 Å². The largest absolute Gasteiger partial charge is 0.347 e. The van der Waals surface area contributed by atoms with Crippen LogP contribution in [0.3, 0.4) is 0 Å². The molecule has 2 fully saturated rings. The summed E-state index contributed by atoms with van der Waals surface area (Å²) >= 11 is 0. The van der Waals surface area contributed by atoms with E-state index in [9.17, 15) is 4.79 Å². The first-order chi connectivity index (χ1) is 6.58. The molecule has 2 rings (SSSR count). The second kappa shape index (κ2) is 3.31. The molecule has 3 heteroatoms. The highest BCUT2D eigenvalue weighted by Crippen LogP contribution is 2.52. The SMILES string of the molecule is CC1(C)CC(CC=O)C2(C1)OCCO2. The number of hydrogen-bond acceptors (Lipinski definition) is 3. The second-order valence-electron chi connectivity index (χ2n) is 5.15. The molecule has 0 aromatic carbocycles. The van der Waals surface area contributed by atoms with Gasteiger partial charge >= 0.3 is 0 Å². The van der Waals surface area contributed by atoms with Crippen LogP contribution in [0.1, 0.15) is 33.1 Å². The number of carbonyl (C=O) groups excluding carboxylic acids is 1. The normalized spacial score (nSPS) is 33.7. The molecule has 0 aromatic heterocycles. The van der Waals surface area contributed by atoms with Gasteiger partial charge in [-0.05, 0) is 11.8 Å². The molecular weight excluding hydrogens is 180 g/mol. The summed E-state index contributed by atoms with van der Waals surface area (Å²) in [5.41, 5.74) is 0.234. The summed E-state index contributed by atoms with van der Waals surface area (Å²) in [6, 6.07) is 0. The van der Waals surface area contributed by atoms with E-state index in [0.29, 0.717) is 19.6 Å². The lowest BCUT2D eigenvalue weighted by atomic mass is 9.90. The minimum absolute atomic E-state index is 0.234. The Morgan fingerprint density at radius 3 is 2.57 bits per heavy atom. The lowest BCUT2D eigenvalue weighted by Crippen LogP contribution is -2.35. The Morgan fingerprint density at radius 1 is 1.36 bits per heavy atom. The summed E-state index contributed by atoms with van der Waals surface area (Å²) in [5, 5.41) is 0. The minimum atomic E-state index is -0.440. The third-order valence-corrected chi connectivity index (χ3v) is 3.30. The quantitative estimate of drug-likeness (QED) is 0.634. The van der Waals surface area contributed by atoms with Crippen LogP contribution < -0.4 is 0 Å². The number of ether oxygens (including phenoxy) is 2. The molecule has 0 radical (unpaired) electrons. The van der Waals surface area contributed by atoms with Crippen molar-refractivity contribution >= 4 is 6.29 Å². The Balaban J connectivity index is 2.16. The average molecular weight is 198 g/mol. The zero-order valence-electron chi connectivity index (χ0n) is 8.91. The van der Waals surface area contributed by atoms with Crippen LogP contribution in [0.15, 0.2) is 0 Å². The fourth-order valence-corrected chi connectivity index (χ4v) is 2.89. The van der Waals surface area contributed by atoms with Crippen molar-refractivity contribution in [1.29, 1.82) is 0 Å². The van der Waals surface area contributed by atoms with Crippen molar-refractivity contribution in [3.05, 3.63) is 0 Å². The molecule has 1 unspecified atom stereocenters. The zero-order valence-corrected chi connectivity index (χ0v) is 8.91. The molecule has 0 amide bonds. The summed E-state index contributed by atoms with van der Waals surface area (Å²) < 4.78 is 11.4. The third-order valence-electron chi connectivity index (χ3n) is 3.30. The van der Waals surface area contributed by atoms with Crippen molar-refractivity contribution in [2.24, 2.45) is 11.3 Å². The molecule has 1 saturated carbocycles. The summed E-state index contributed by atoms with van der Waals surface area (Å²) in [7, 11) is 0. The maximum atomic E-state index is 10.6. The molecule has 1 aliphatic carbocycles. The van der Waals surface area contributed by atoms with E-state index >= 15 is 0 Å². The smallest absolute Gasteiger partial charge is 0.172 e. The molecule has 1 aliphatic heterocycles. The highest BCUT2D eigenvalue weighted by atomic mass is 16.7. The number of aldehydes is 1. The van der Waals surface area contributed by atoms with E-state index in [-0.39, 0.29) is 11.3 Å². The highest BCUT2D eigenvalue weighted by Gasteiger charge is 2.54. The Hall–Kier alpha value is -0.410. The van der Waals surface area contributed by atoms with Gasteiger partial charge < -0.3 is 14.3 Å². The Kier molecular flexibility index (Phi) is 2.40. The van der Waals surface area contributed by atoms with E-state index in [1.54, 1.807) is 0 Å². The van der Waals surface area contributed by atoms with Crippen LogP contribution in [0.25, 0.3) is 0 Å². The predicted octanol–water partition coefficient (Wildman–Crippen LogP) is 1.75. The lowest BCUT2D eigenvalue weighted by molar-refractivity contribution is -0.185. The zero-order chi connectivity index (χ0) is 10.2. The Labute approximate surface area is 84.8 Å². The fourth-order valence-electron chi connectivity index (χ4n) is 2.89. The van der Waals surface area contributed by atoms with E-state index in [1.165, 1.54) is 0 Å². The van der Waals surface area contributed by atoms with Crippen LogP contribution in [0.4, 0.5) is 0 Å². The average Bonchev–Trinajstić information content (AvgIpc) is 2.60. The molecule has 2 aliphatic rings. The summed E-state index contributed by atoms with van der Waals surface area (Å²) in [4.78, 5) is 10.6. The topological polar surface area (TPSA) is 35.5 Å². The van der Waals surface area contributed by atoms with Crippen molar-refractivity contribution in [2.45, 2.75) is 38.9 Å². The standard InChI is InChI=1S/C11H18O3/c1-10(2)7-9(3-4-12)11(8-10)13-5-6-14-11/h4,9H,3,5-8H2,1-2H3. The molecule has 1 spiro atoms. The van der Waals surface area contributed by atoms with E-state index in [2.05, 4.69) is 13.8 Å². The third kappa shape index (κ3) is 1.59. The molecule has 0 N–H and O–H groups in total. The van der Waals surface area contributed by atoms with Gasteiger partial charge in [0, 0.05) is 18.8 Å². The molecular formula is C11H18O3. The van der Waals surface area contributed by atoms with Crippen molar-refractivity contribution in [3.63, 3.8) is 0 Å². The molecule has 14 heavy (non-hydrogen) atoms. The summed E-state index contributed by atoms with van der Waals surface area (Å²) in [6.45, 7) is 5.77. The molecule has 1 heterocycles. The van der Waals surface area contributed by atoms with Crippen molar-refractivity contribution in [3.8, 4) is 0 Å². The van der Waals surface area contributed by atoms with Gasteiger partial charge in [0.15, 0.2) is 5.79 Å². The molecule has 3 nitrogen and oxygen atoms in total. The van der Waals surface area contributed by atoms with Crippen LogP contribution in [0, 0.1) is 11.3 Å². The van der Waals surface area contributed by atoms with Crippen LogP contribution in [0.5, 0.6) is 0 Å². The number of carbonyl (C=O) groups is 1. The fraction of sp³-hybridized carbons (Fsp3) is 0.909. The maximum absolute atomic E-state index is 10.6. The van der Waals surface area contributed by atoms with Gasteiger partial charge in [-0.1, -0.05) is 13.8 Å². The molecule has 1 saturated heterocycles.